The quantitative estimate of drug-likeness (QED) is 0.282. The Kier molecular flexibility index (Phi) is 4.67. The van der Waals surface area contributed by atoms with Crippen molar-refractivity contribution in [2.75, 3.05) is 14.1 Å². The molecule has 1 aromatic rings. The number of carbonyl (C=O) groups excluding carboxylic acids is 4. The van der Waals surface area contributed by atoms with Gasteiger partial charge >= 0.3 is 0 Å². The number of phenols is 1. The summed E-state index contributed by atoms with van der Waals surface area (Å²) in [5.41, 5.74) is 1.53. The Morgan fingerprint density at radius 2 is 1.78 bits per heavy atom. The zero-order chi connectivity index (χ0) is 23.9. The molecular weight excluding hydrogens is 420 g/mol. The number of likely N-dealkylation sites (N-methyl/N-ethyl adjacent to an activating group) is 1. The normalized spacial score (nSPS) is 34.3. The first-order valence-corrected chi connectivity index (χ1v) is 9.81. The van der Waals surface area contributed by atoms with Crippen LogP contribution in [0.15, 0.2) is 36.1 Å². The Morgan fingerprint density at radius 3 is 2.34 bits per heavy atom. The Morgan fingerprint density at radius 1 is 1.16 bits per heavy atom. The molecular formula is C22H22N2O8. The molecule has 0 aliphatic heterocycles. The van der Waals surface area contributed by atoms with Gasteiger partial charge in [-0.15, -0.1) is 0 Å². The van der Waals surface area contributed by atoms with Crippen molar-refractivity contribution in [3.05, 3.63) is 47.2 Å². The zero-order valence-electron chi connectivity index (χ0n) is 17.3. The van der Waals surface area contributed by atoms with Gasteiger partial charge in [0.25, 0.3) is 5.91 Å². The monoisotopic (exact) mass is 442 g/mol. The lowest BCUT2D eigenvalue weighted by Crippen LogP contribution is -2.72. The number of benzene rings is 1. The van der Waals surface area contributed by atoms with Gasteiger partial charge in [0.1, 0.15) is 17.1 Å². The molecule has 10 heteroatoms. The first-order chi connectivity index (χ1) is 14.9. The van der Waals surface area contributed by atoms with Gasteiger partial charge in [0.15, 0.2) is 23.0 Å². The molecule has 0 saturated heterocycles. The lowest BCUT2D eigenvalue weighted by molar-refractivity contribution is -0.178. The Bertz CT molecular complexity index is 1150. The predicted octanol–water partition coefficient (Wildman–Crippen LogP) is -1.06. The summed E-state index contributed by atoms with van der Waals surface area (Å²) in [5.74, 6) is -10.7. The number of primary amides is 1. The fourth-order valence-electron chi connectivity index (χ4n) is 5.43. The second kappa shape index (κ2) is 6.83. The minimum absolute atomic E-state index is 0.164. The van der Waals surface area contributed by atoms with Crippen LogP contribution in [-0.4, -0.2) is 80.4 Å². The molecule has 1 unspecified atom stereocenters. The van der Waals surface area contributed by atoms with E-state index in [9.17, 15) is 39.6 Å². The number of nitrogens with two attached hydrogens (primary N) is 1. The minimum atomic E-state index is -2.94. The van der Waals surface area contributed by atoms with E-state index in [-0.39, 0.29) is 16.7 Å². The molecule has 6 atom stereocenters. The van der Waals surface area contributed by atoms with E-state index in [1.165, 1.54) is 37.2 Å². The number of nitrogens with zero attached hydrogens (tertiary/aromatic N) is 1. The number of hydrogen-bond donors (Lipinski definition) is 5. The first-order valence-electron chi connectivity index (χ1n) is 9.81. The Hall–Kier alpha value is -3.34. The third kappa shape index (κ3) is 2.45. The van der Waals surface area contributed by atoms with E-state index in [2.05, 4.69) is 6.58 Å². The lowest BCUT2D eigenvalue weighted by atomic mass is 9.52. The van der Waals surface area contributed by atoms with Gasteiger partial charge in [-0.1, -0.05) is 18.7 Å². The third-order valence-corrected chi connectivity index (χ3v) is 6.81. The van der Waals surface area contributed by atoms with Gasteiger partial charge in [-0.05, 0) is 31.3 Å². The molecule has 0 radical (unpaired) electrons. The number of aliphatic hydroxyl groups excluding tert-OH is 2. The zero-order valence-corrected chi connectivity index (χ0v) is 17.3. The molecule has 10 nitrogen and oxygen atoms in total. The minimum Gasteiger partial charge on any atom is -0.508 e. The summed E-state index contributed by atoms with van der Waals surface area (Å²) in [4.78, 5) is 53.1. The van der Waals surface area contributed by atoms with E-state index in [0.29, 0.717) is 0 Å². The van der Waals surface area contributed by atoms with Crippen LogP contribution in [0.25, 0.3) is 5.57 Å². The molecule has 1 saturated carbocycles. The summed E-state index contributed by atoms with van der Waals surface area (Å²) < 4.78 is 0. The second-order valence-corrected chi connectivity index (χ2v) is 8.60. The van der Waals surface area contributed by atoms with Crippen molar-refractivity contribution in [1.82, 2.24) is 4.90 Å². The Balaban J connectivity index is 2.02. The summed E-state index contributed by atoms with van der Waals surface area (Å²) in [6.07, 6.45) is -1.69. The molecule has 0 bridgehead atoms. The number of carbonyl (C=O) groups is 4. The first kappa shape index (κ1) is 21.9. The van der Waals surface area contributed by atoms with Gasteiger partial charge in [0.05, 0.1) is 29.5 Å². The highest BCUT2D eigenvalue weighted by Crippen LogP contribution is 2.54. The highest BCUT2D eigenvalue weighted by atomic mass is 16.4. The van der Waals surface area contributed by atoms with Crippen LogP contribution in [0.3, 0.4) is 0 Å². The second-order valence-electron chi connectivity index (χ2n) is 8.60. The standard InChI is InChI=1S/C22H22N2O8/c1-7-8-5-4-6-9(25)11(8)16(26)12-10(7)17(27)14-15(24(2)3)18(28)13(21(23)31)20(30)22(14,32)19(12)29/h4-6,10,12,14-15,17,25,27,30,32H,1H2,2-3H3,(H2,23,31)/t10-,12?,14-,15+,17+,22+/m1/s1. The number of Topliss-reactive ketones (excluding diaryl/α,β-unsaturated/α-hetero) is 3. The average molecular weight is 442 g/mol. The topological polar surface area (TPSA) is 178 Å². The summed E-state index contributed by atoms with van der Waals surface area (Å²) >= 11 is 0. The van der Waals surface area contributed by atoms with E-state index in [4.69, 9.17) is 5.73 Å². The fourth-order valence-corrected chi connectivity index (χ4v) is 5.43. The number of rotatable bonds is 2. The van der Waals surface area contributed by atoms with Crippen molar-refractivity contribution >= 4 is 28.8 Å². The highest BCUT2D eigenvalue weighted by Gasteiger charge is 2.69. The van der Waals surface area contributed by atoms with Gasteiger partial charge in [0.2, 0.25) is 0 Å². The number of aromatic hydroxyl groups is 1. The average Bonchev–Trinajstić information content (AvgIpc) is 2.70. The molecule has 3 aliphatic carbocycles. The number of ketones is 3. The number of phenolic OH excluding ortho intramolecular Hbond substituents is 1. The smallest absolute Gasteiger partial charge is 0.255 e. The van der Waals surface area contributed by atoms with Gasteiger partial charge in [-0.25, -0.2) is 0 Å². The van der Waals surface area contributed by atoms with Crippen molar-refractivity contribution < 1.29 is 39.6 Å². The molecule has 1 aromatic carbocycles. The number of aliphatic hydroxyl groups is 3. The van der Waals surface area contributed by atoms with E-state index < -0.39 is 75.8 Å². The van der Waals surface area contributed by atoms with Crippen molar-refractivity contribution in [3.63, 3.8) is 0 Å². The molecule has 3 aliphatic rings. The van der Waals surface area contributed by atoms with Crippen LogP contribution >= 0.6 is 0 Å². The molecule has 1 fully saturated rings. The SMILES string of the molecule is C=C1c2cccc(O)c2C(=O)C2C(=O)[C@]3(O)C(O)=C(C(N)=O)C(=O)[C@@H](N(C)C)[C@@H]3[C@@H](O)[C@H]12. The van der Waals surface area contributed by atoms with Crippen LogP contribution in [0.5, 0.6) is 5.75 Å². The van der Waals surface area contributed by atoms with Gasteiger partial charge in [-0.3, -0.25) is 24.1 Å². The predicted molar refractivity (Wildman–Crippen MR) is 109 cm³/mol. The fraction of sp³-hybridized carbons (Fsp3) is 0.364. The third-order valence-electron chi connectivity index (χ3n) is 6.81. The molecule has 0 aromatic heterocycles. The maximum absolute atomic E-state index is 13.6. The van der Waals surface area contributed by atoms with E-state index in [0.717, 1.165) is 0 Å². The van der Waals surface area contributed by atoms with Crippen LogP contribution in [0.1, 0.15) is 15.9 Å². The molecule has 4 rings (SSSR count). The van der Waals surface area contributed by atoms with Crippen LogP contribution in [0.4, 0.5) is 0 Å². The van der Waals surface area contributed by atoms with E-state index >= 15 is 0 Å². The molecule has 0 heterocycles. The largest absolute Gasteiger partial charge is 0.508 e. The van der Waals surface area contributed by atoms with Crippen LogP contribution < -0.4 is 5.73 Å². The summed E-state index contributed by atoms with van der Waals surface area (Å²) in [6, 6.07) is 2.81. The summed E-state index contributed by atoms with van der Waals surface area (Å²) in [7, 11) is 2.86. The van der Waals surface area contributed by atoms with Gasteiger partial charge in [0, 0.05) is 5.92 Å². The van der Waals surface area contributed by atoms with Crippen molar-refractivity contribution in [2.45, 2.75) is 17.7 Å². The lowest BCUT2D eigenvalue weighted by Gasteiger charge is -2.54. The number of fused-ring (bicyclic) bond motifs is 3. The van der Waals surface area contributed by atoms with Gasteiger partial charge in [-0.2, -0.15) is 0 Å². The highest BCUT2D eigenvalue weighted by molar-refractivity contribution is 6.26. The van der Waals surface area contributed by atoms with Gasteiger partial charge < -0.3 is 26.2 Å². The van der Waals surface area contributed by atoms with Crippen LogP contribution in [-0.2, 0) is 14.4 Å². The Labute approximate surface area is 182 Å². The van der Waals surface area contributed by atoms with Crippen molar-refractivity contribution in [2.24, 2.45) is 23.5 Å². The summed E-state index contributed by atoms with van der Waals surface area (Å²) in [6.45, 7) is 3.91. The maximum Gasteiger partial charge on any atom is 0.255 e. The summed E-state index contributed by atoms with van der Waals surface area (Å²) in [5, 5.41) is 43.7. The van der Waals surface area contributed by atoms with Crippen molar-refractivity contribution in [3.8, 4) is 5.75 Å². The van der Waals surface area contributed by atoms with Crippen molar-refractivity contribution in [1.29, 1.82) is 0 Å². The number of hydrogen-bond acceptors (Lipinski definition) is 9. The molecule has 0 spiro atoms. The maximum atomic E-state index is 13.6. The molecule has 168 valence electrons. The van der Waals surface area contributed by atoms with Crippen LogP contribution in [0, 0.1) is 17.8 Å². The number of amides is 1. The van der Waals surface area contributed by atoms with E-state index in [1.807, 2.05) is 0 Å². The molecule has 1 amide bonds. The molecule has 32 heavy (non-hydrogen) atoms. The van der Waals surface area contributed by atoms with Crippen LogP contribution in [0.2, 0.25) is 0 Å². The molecule has 6 N–H and O–H groups in total. The van der Waals surface area contributed by atoms with E-state index in [1.54, 1.807) is 0 Å².